The molecule has 0 amide bonds. The number of hydrogen-bond acceptors (Lipinski definition) is 4. The fourth-order valence-corrected chi connectivity index (χ4v) is 1.04. The Labute approximate surface area is 76.2 Å². The summed E-state index contributed by atoms with van der Waals surface area (Å²) in [7, 11) is 3.36. The molecule has 0 aliphatic rings. The highest BCUT2D eigenvalue weighted by Crippen LogP contribution is 1.92. The first-order valence-corrected chi connectivity index (χ1v) is 3.99. The van der Waals surface area contributed by atoms with Gasteiger partial charge in [-0.2, -0.15) is 0 Å². The molecule has 0 spiro atoms. The van der Waals surface area contributed by atoms with Gasteiger partial charge >= 0.3 is 0 Å². The molecule has 5 nitrogen and oxygen atoms in total. The van der Waals surface area contributed by atoms with E-state index in [1.54, 1.807) is 14.2 Å². The van der Waals surface area contributed by atoms with E-state index in [1.807, 2.05) is 0 Å². The zero-order chi connectivity index (χ0) is 9.68. The predicted octanol–water partition coefficient (Wildman–Crippen LogP) is -0.364. The van der Waals surface area contributed by atoms with E-state index in [2.05, 4.69) is 15.3 Å². The van der Waals surface area contributed by atoms with Crippen LogP contribution in [0.1, 0.15) is 11.5 Å². The number of nitrogens with one attached hydrogen (secondary N) is 2. The molecule has 0 aliphatic heterocycles. The summed E-state index contributed by atoms with van der Waals surface area (Å²) in [5, 5.41) is 2.92. The van der Waals surface area contributed by atoms with Crippen molar-refractivity contribution in [1.82, 2.24) is 15.3 Å². The summed E-state index contributed by atoms with van der Waals surface area (Å²) >= 11 is 0. The number of ether oxygens (including phenoxy) is 1. The van der Waals surface area contributed by atoms with E-state index in [0.717, 1.165) is 5.69 Å². The molecule has 1 aromatic rings. The number of hydrogen-bond donors (Lipinski definition) is 2. The van der Waals surface area contributed by atoms with Crippen LogP contribution < -0.4 is 10.9 Å². The predicted molar refractivity (Wildman–Crippen MR) is 48.3 cm³/mol. The average Bonchev–Trinajstić information content (AvgIpc) is 2.04. The maximum absolute atomic E-state index is 11.1. The molecule has 5 heteroatoms. The van der Waals surface area contributed by atoms with Gasteiger partial charge in [-0.05, 0) is 7.05 Å². The Morgan fingerprint density at radius 1 is 1.69 bits per heavy atom. The Morgan fingerprint density at radius 2 is 2.46 bits per heavy atom. The molecule has 0 bridgehead atoms. The lowest BCUT2D eigenvalue weighted by molar-refractivity contribution is 0.177. The van der Waals surface area contributed by atoms with Gasteiger partial charge in [0.2, 0.25) is 0 Å². The second-order valence-electron chi connectivity index (χ2n) is 2.65. The number of H-pyrrole nitrogens is 1. The molecule has 1 aromatic heterocycles. The Morgan fingerprint density at radius 3 is 3.08 bits per heavy atom. The summed E-state index contributed by atoms with van der Waals surface area (Å²) in [5.41, 5.74) is 0.575. The zero-order valence-corrected chi connectivity index (χ0v) is 7.76. The summed E-state index contributed by atoms with van der Waals surface area (Å²) in [6, 6.07) is 1.47. The maximum atomic E-state index is 11.1. The summed E-state index contributed by atoms with van der Waals surface area (Å²) in [5.74, 6) is 0.556. The molecule has 13 heavy (non-hydrogen) atoms. The van der Waals surface area contributed by atoms with Gasteiger partial charge < -0.3 is 15.0 Å². The number of nitrogens with zero attached hydrogens (tertiary/aromatic N) is 1. The van der Waals surface area contributed by atoms with Crippen molar-refractivity contribution in [3.8, 4) is 0 Å². The van der Waals surface area contributed by atoms with Crippen molar-refractivity contribution in [3.05, 3.63) is 27.9 Å². The standard InChI is InChI=1S/C8H13N3O2/c1-9-4-6-3-8(12)11-7(10-6)5-13-2/h3,9H,4-5H2,1-2H3,(H,10,11,12). The number of aromatic nitrogens is 2. The molecule has 0 radical (unpaired) electrons. The van der Waals surface area contributed by atoms with Gasteiger partial charge in [-0.25, -0.2) is 4.98 Å². The van der Waals surface area contributed by atoms with Gasteiger partial charge in [0.05, 0.1) is 5.69 Å². The molecule has 72 valence electrons. The number of methoxy groups -OCH3 is 1. The Hall–Kier alpha value is -1.20. The fraction of sp³-hybridized carbons (Fsp3) is 0.500. The maximum Gasteiger partial charge on any atom is 0.251 e. The topological polar surface area (TPSA) is 67.0 Å². The van der Waals surface area contributed by atoms with Crippen molar-refractivity contribution < 1.29 is 4.74 Å². The lowest BCUT2D eigenvalue weighted by atomic mass is 10.4. The minimum Gasteiger partial charge on any atom is -0.377 e. The monoisotopic (exact) mass is 183 g/mol. The SMILES string of the molecule is CNCc1cc(=O)[nH]c(COC)n1. The van der Waals surface area contributed by atoms with Gasteiger partial charge in [0.25, 0.3) is 5.56 Å². The van der Waals surface area contributed by atoms with E-state index in [0.29, 0.717) is 19.0 Å². The Kier molecular flexibility index (Phi) is 3.60. The van der Waals surface area contributed by atoms with Gasteiger partial charge in [0, 0.05) is 19.7 Å². The second-order valence-corrected chi connectivity index (χ2v) is 2.65. The third-order valence-electron chi connectivity index (χ3n) is 1.48. The van der Waals surface area contributed by atoms with Crippen LogP contribution in [0, 0.1) is 0 Å². The molecule has 1 heterocycles. The van der Waals surface area contributed by atoms with Crippen LogP contribution in [0.4, 0.5) is 0 Å². The van der Waals surface area contributed by atoms with Crippen molar-refractivity contribution in [2.45, 2.75) is 13.2 Å². The number of aromatic amines is 1. The van der Waals surface area contributed by atoms with E-state index in [4.69, 9.17) is 4.74 Å². The summed E-state index contributed by atoms with van der Waals surface area (Å²) < 4.78 is 4.86. The first kappa shape index (κ1) is 9.88. The van der Waals surface area contributed by atoms with Crippen LogP contribution in [0.25, 0.3) is 0 Å². The molecule has 0 saturated heterocycles. The van der Waals surface area contributed by atoms with E-state index < -0.39 is 0 Å². The van der Waals surface area contributed by atoms with Crippen molar-refractivity contribution in [1.29, 1.82) is 0 Å². The van der Waals surface area contributed by atoms with Crippen LogP contribution in [0.3, 0.4) is 0 Å². The lowest BCUT2D eigenvalue weighted by Gasteiger charge is -2.02. The van der Waals surface area contributed by atoms with E-state index in [9.17, 15) is 4.79 Å². The van der Waals surface area contributed by atoms with E-state index in [1.165, 1.54) is 6.07 Å². The van der Waals surface area contributed by atoms with Crippen molar-refractivity contribution >= 4 is 0 Å². The van der Waals surface area contributed by atoms with E-state index >= 15 is 0 Å². The summed E-state index contributed by atoms with van der Waals surface area (Å²) in [4.78, 5) is 17.8. The smallest absolute Gasteiger partial charge is 0.251 e. The summed E-state index contributed by atoms with van der Waals surface area (Å²) in [6.07, 6.45) is 0. The zero-order valence-electron chi connectivity index (χ0n) is 7.76. The first-order valence-electron chi connectivity index (χ1n) is 3.99. The van der Waals surface area contributed by atoms with Crippen LogP contribution in [0.5, 0.6) is 0 Å². The molecule has 1 rings (SSSR count). The minimum absolute atomic E-state index is 0.146. The molecule has 0 atom stereocenters. The molecule has 2 N–H and O–H groups in total. The van der Waals surface area contributed by atoms with Crippen molar-refractivity contribution in [3.63, 3.8) is 0 Å². The Balaban J connectivity index is 2.90. The first-order chi connectivity index (χ1) is 6.26. The normalized spacial score (nSPS) is 10.3. The lowest BCUT2D eigenvalue weighted by Crippen LogP contribution is -2.16. The molecular formula is C8H13N3O2. The average molecular weight is 183 g/mol. The van der Waals surface area contributed by atoms with E-state index in [-0.39, 0.29) is 5.56 Å². The highest BCUT2D eigenvalue weighted by molar-refractivity contribution is 5.01. The molecular weight excluding hydrogens is 170 g/mol. The largest absolute Gasteiger partial charge is 0.377 e. The second kappa shape index (κ2) is 4.74. The molecule has 0 aromatic carbocycles. The molecule has 0 aliphatic carbocycles. The van der Waals surface area contributed by atoms with Gasteiger partial charge in [-0.3, -0.25) is 4.79 Å². The number of rotatable bonds is 4. The van der Waals surface area contributed by atoms with Crippen LogP contribution in [0.15, 0.2) is 10.9 Å². The van der Waals surface area contributed by atoms with Gasteiger partial charge in [0.1, 0.15) is 12.4 Å². The Bertz CT molecular complexity index is 294. The van der Waals surface area contributed by atoms with Crippen molar-refractivity contribution in [2.24, 2.45) is 0 Å². The van der Waals surface area contributed by atoms with Crippen molar-refractivity contribution in [2.75, 3.05) is 14.2 Å². The van der Waals surface area contributed by atoms with Crippen LogP contribution >= 0.6 is 0 Å². The fourth-order valence-electron chi connectivity index (χ4n) is 1.04. The van der Waals surface area contributed by atoms with Crippen LogP contribution in [-0.2, 0) is 17.9 Å². The molecule has 0 saturated carbocycles. The van der Waals surface area contributed by atoms with Crippen LogP contribution in [-0.4, -0.2) is 24.1 Å². The highest BCUT2D eigenvalue weighted by Gasteiger charge is 1.99. The third kappa shape index (κ3) is 2.96. The third-order valence-corrected chi connectivity index (χ3v) is 1.48. The summed E-state index contributed by atoms with van der Waals surface area (Å²) in [6.45, 7) is 0.910. The van der Waals surface area contributed by atoms with Gasteiger partial charge in [-0.1, -0.05) is 0 Å². The van der Waals surface area contributed by atoms with Gasteiger partial charge in [-0.15, -0.1) is 0 Å². The minimum atomic E-state index is -0.146. The van der Waals surface area contributed by atoms with Crippen LogP contribution in [0.2, 0.25) is 0 Å². The molecule has 0 fully saturated rings. The quantitative estimate of drug-likeness (QED) is 0.668. The van der Waals surface area contributed by atoms with Gasteiger partial charge in [0.15, 0.2) is 0 Å². The molecule has 0 unspecified atom stereocenters. The highest BCUT2D eigenvalue weighted by atomic mass is 16.5.